The highest BCUT2D eigenvalue weighted by Gasteiger charge is 2.24. The van der Waals surface area contributed by atoms with Gasteiger partial charge in [-0.3, -0.25) is 0 Å². The second-order valence-corrected chi connectivity index (χ2v) is 5.23. The molecule has 5 nitrogen and oxygen atoms in total. The van der Waals surface area contributed by atoms with Crippen LogP contribution in [0.25, 0.3) is 0 Å². The van der Waals surface area contributed by atoms with Crippen LogP contribution >= 0.6 is 0 Å². The SMILES string of the molecule is CCOc1ccnc(NC(CCO)C(C)(C)C)n1. The van der Waals surface area contributed by atoms with Gasteiger partial charge in [0.15, 0.2) is 0 Å². The van der Waals surface area contributed by atoms with Gasteiger partial charge in [0.2, 0.25) is 11.8 Å². The van der Waals surface area contributed by atoms with E-state index in [0.29, 0.717) is 24.9 Å². The number of nitrogens with zero attached hydrogens (tertiary/aromatic N) is 2. The maximum absolute atomic E-state index is 9.11. The summed E-state index contributed by atoms with van der Waals surface area (Å²) in [6.07, 6.45) is 2.32. The number of hydrogen-bond acceptors (Lipinski definition) is 5. The number of nitrogens with one attached hydrogen (secondary N) is 1. The number of ether oxygens (including phenoxy) is 1. The Hall–Kier alpha value is -1.36. The number of hydrogen-bond donors (Lipinski definition) is 2. The Labute approximate surface area is 109 Å². The molecule has 0 aromatic carbocycles. The highest BCUT2D eigenvalue weighted by atomic mass is 16.5. The van der Waals surface area contributed by atoms with Crippen molar-refractivity contribution in [2.45, 2.75) is 40.2 Å². The normalized spacial score (nSPS) is 13.2. The molecule has 0 fully saturated rings. The van der Waals surface area contributed by atoms with Crippen molar-refractivity contribution in [2.24, 2.45) is 5.41 Å². The van der Waals surface area contributed by atoms with Crippen LogP contribution in [0.15, 0.2) is 12.3 Å². The van der Waals surface area contributed by atoms with Crippen LogP contribution in [0.4, 0.5) is 5.95 Å². The van der Waals surface area contributed by atoms with E-state index in [0.717, 1.165) is 0 Å². The van der Waals surface area contributed by atoms with Gasteiger partial charge in [-0.15, -0.1) is 0 Å². The Balaban J connectivity index is 2.77. The molecule has 0 amide bonds. The molecule has 0 saturated carbocycles. The molecule has 0 saturated heterocycles. The van der Waals surface area contributed by atoms with Gasteiger partial charge in [0.1, 0.15) is 0 Å². The topological polar surface area (TPSA) is 67.3 Å². The lowest BCUT2D eigenvalue weighted by Crippen LogP contribution is -2.35. The molecular formula is C13H23N3O2. The minimum absolute atomic E-state index is 0.0215. The summed E-state index contributed by atoms with van der Waals surface area (Å²) < 4.78 is 5.33. The second kappa shape index (κ2) is 6.54. The van der Waals surface area contributed by atoms with E-state index in [4.69, 9.17) is 9.84 Å². The maximum atomic E-state index is 9.11. The summed E-state index contributed by atoms with van der Waals surface area (Å²) >= 11 is 0. The van der Waals surface area contributed by atoms with E-state index in [1.54, 1.807) is 12.3 Å². The van der Waals surface area contributed by atoms with E-state index in [9.17, 15) is 0 Å². The van der Waals surface area contributed by atoms with Crippen molar-refractivity contribution >= 4 is 5.95 Å². The lowest BCUT2D eigenvalue weighted by atomic mass is 9.85. The summed E-state index contributed by atoms with van der Waals surface area (Å²) in [5, 5.41) is 12.4. The summed E-state index contributed by atoms with van der Waals surface area (Å²) in [6.45, 7) is 8.99. The van der Waals surface area contributed by atoms with Crippen molar-refractivity contribution in [3.63, 3.8) is 0 Å². The van der Waals surface area contributed by atoms with E-state index in [1.165, 1.54) is 0 Å². The second-order valence-electron chi connectivity index (χ2n) is 5.23. The fourth-order valence-electron chi connectivity index (χ4n) is 1.65. The summed E-state index contributed by atoms with van der Waals surface area (Å²) in [7, 11) is 0. The molecule has 1 aromatic heterocycles. The first-order valence-electron chi connectivity index (χ1n) is 6.30. The van der Waals surface area contributed by atoms with Crippen molar-refractivity contribution in [1.29, 1.82) is 0 Å². The quantitative estimate of drug-likeness (QED) is 0.812. The molecule has 102 valence electrons. The molecule has 0 aliphatic rings. The van der Waals surface area contributed by atoms with Gasteiger partial charge in [-0.1, -0.05) is 20.8 Å². The standard InChI is InChI=1S/C13H23N3O2/c1-5-18-11-6-8-14-12(16-11)15-10(7-9-17)13(2,3)4/h6,8,10,17H,5,7,9H2,1-4H3,(H,14,15,16). The number of anilines is 1. The minimum atomic E-state index is 0.0215. The van der Waals surface area contributed by atoms with Crippen molar-refractivity contribution < 1.29 is 9.84 Å². The fraction of sp³-hybridized carbons (Fsp3) is 0.692. The lowest BCUT2D eigenvalue weighted by molar-refractivity contribution is 0.234. The third-order valence-corrected chi connectivity index (χ3v) is 2.69. The molecule has 1 atom stereocenters. The van der Waals surface area contributed by atoms with Crippen LogP contribution < -0.4 is 10.1 Å². The van der Waals surface area contributed by atoms with Crippen LogP contribution in [-0.4, -0.2) is 34.3 Å². The summed E-state index contributed by atoms with van der Waals surface area (Å²) in [6, 6.07) is 1.84. The number of aliphatic hydroxyl groups is 1. The zero-order valence-corrected chi connectivity index (χ0v) is 11.6. The molecule has 0 aliphatic heterocycles. The lowest BCUT2D eigenvalue weighted by Gasteiger charge is -2.31. The zero-order valence-electron chi connectivity index (χ0n) is 11.6. The van der Waals surface area contributed by atoms with Gasteiger partial charge in [0, 0.05) is 24.9 Å². The molecule has 1 aromatic rings. The molecule has 2 N–H and O–H groups in total. The number of aromatic nitrogens is 2. The highest BCUT2D eigenvalue weighted by Crippen LogP contribution is 2.24. The molecular weight excluding hydrogens is 230 g/mol. The van der Waals surface area contributed by atoms with Crippen molar-refractivity contribution in [2.75, 3.05) is 18.5 Å². The predicted octanol–water partition coefficient (Wildman–Crippen LogP) is 2.08. The summed E-state index contributed by atoms with van der Waals surface area (Å²) in [4.78, 5) is 8.45. The Morgan fingerprint density at radius 2 is 2.17 bits per heavy atom. The van der Waals surface area contributed by atoms with Gasteiger partial charge < -0.3 is 15.2 Å². The third kappa shape index (κ3) is 4.49. The van der Waals surface area contributed by atoms with Crippen LogP contribution in [0.3, 0.4) is 0 Å². The Morgan fingerprint density at radius 1 is 1.44 bits per heavy atom. The van der Waals surface area contributed by atoms with Gasteiger partial charge in [-0.2, -0.15) is 4.98 Å². The first-order valence-corrected chi connectivity index (χ1v) is 6.30. The molecule has 18 heavy (non-hydrogen) atoms. The molecule has 1 rings (SSSR count). The Kier molecular flexibility index (Phi) is 5.34. The average Bonchev–Trinajstić information content (AvgIpc) is 2.28. The molecule has 0 radical (unpaired) electrons. The summed E-state index contributed by atoms with van der Waals surface area (Å²) in [5.41, 5.74) is 0.0215. The molecule has 0 spiro atoms. The Bertz CT molecular complexity index is 363. The van der Waals surface area contributed by atoms with Crippen LogP contribution in [0.5, 0.6) is 5.88 Å². The first-order chi connectivity index (χ1) is 8.47. The van der Waals surface area contributed by atoms with Crippen molar-refractivity contribution in [3.8, 4) is 5.88 Å². The van der Waals surface area contributed by atoms with E-state index in [-0.39, 0.29) is 18.1 Å². The minimum Gasteiger partial charge on any atom is -0.478 e. The molecule has 1 heterocycles. The largest absolute Gasteiger partial charge is 0.478 e. The predicted molar refractivity (Wildman–Crippen MR) is 71.8 cm³/mol. The van der Waals surface area contributed by atoms with Gasteiger partial charge in [0.05, 0.1) is 6.61 Å². The molecule has 5 heteroatoms. The average molecular weight is 253 g/mol. The van der Waals surface area contributed by atoms with Gasteiger partial charge >= 0.3 is 0 Å². The van der Waals surface area contributed by atoms with Crippen LogP contribution in [-0.2, 0) is 0 Å². The van der Waals surface area contributed by atoms with Crippen LogP contribution in [0.1, 0.15) is 34.1 Å². The van der Waals surface area contributed by atoms with Crippen LogP contribution in [0, 0.1) is 5.41 Å². The molecule has 0 bridgehead atoms. The summed E-state index contributed by atoms with van der Waals surface area (Å²) in [5.74, 6) is 1.10. The van der Waals surface area contributed by atoms with E-state index < -0.39 is 0 Å². The monoisotopic (exact) mass is 253 g/mol. The van der Waals surface area contributed by atoms with Gasteiger partial charge in [-0.05, 0) is 18.8 Å². The molecule has 1 unspecified atom stereocenters. The van der Waals surface area contributed by atoms with E-state index in [2.05, 4.69) is 36.1 Å². The van der Waals surface area contributed by atoms with Gasteiger partial charge in [-0.25, -0.2) is 4.98 Å². The number of aliphatic hydroxyl groups excluding tert-OH is 1. The maximum Gasteiger partial charge on any atom is 0.226 e. The smallest absolute Gasteiger partial charge is 0.226 e. The van der Waals surface area contributed by atoms with E-state index in [1.807, 2.05) is 6.92 Å². The van der Waals surface area contributed by atoms with Crippen LogP contribution in [0.2, 0.25) is 0 Å². The molecule has 0 aliphatic carbocycles. The fourth-order valence-corrected chi connectivity index (χ4v) is 1.65. The van der Waals surface area contributed by atoms with E-state index >= 15 is 0 Å². The van der Waals surface area contributed by atoms with Gasteiger partial charge in [0.25, 0.3) is 0 Å². The Morgan fingerprint density at radius 3 is 2.72 bits per heavy atom. The first kappa shape index (κ1) is 14.7. The van der Waals surface area contributed by atoms with Crippen molar-refractivity contribution in [3.05, 3.63) is 12.3 Å². The number of rotatable bonds is 6. The highest BCUT2D eigenvalue weighted by molar-refractivity contribution is 5.29. The zero-order chi connectivity index (χ0) is 13.6. The van der Waals surface area contributed by atoms with Crippen molar-refractivity contribution in [1.82, 2.24) is 9.97 Å². The third-order valence-electron chi connectivity index (χ3n) is 2.69.